The highest BCUT2D eigenvalue weighted by molar-refractivity contribution is 5.97. The van der Waals surface area contributed by atoms with Gasteiger partial charge in [0.05, 0.1) is 12.3 Å². The molecule has 13 nitrogen and oxygen atoms in total. The van der Waals surface area contributed by atoms with Gasteiger partial charge < -0.3 is 34.8 Å². The molecule has 0 amide bonds. The second kappa shape index (κ2) is 9.15. The second-order valence-electron chi connectivity index (χ2n) is 6.90. The highest BCUT2D eigenvalue weighted by atomic mass is 16.7. The molecule has 172 valence electrons. The number of nitrogens with one attached hydrogen (secondary N) is 1. The summed E-state index contributed by atoms with van der Waals surface area (Å²) in [5.74, 6) is -1.22. The van der Waals surface area contributed by atoms with Crippen molar-refractivity contribution >= 4 is 23.9 Å². The van der Waals surface area contributed by atoms with E-state index < -0.39 is 48.6 Å². The van der Waals surface area contributed by atoms with Crippen LogP contribution < -0.4 is 11.2 Å². The number of aliphatic imine (C=N–C) groups is 1. The van der Waals surface area contributed by atoms with Gasteiger partial charge in [-0.3, -0.25) is 14.3 Å². The van der Waals surface area contributed by atoms with Gasteiger partial charge in [0.1, 0.15) is 37.0 Å². The monoisotopic (exact) mass is 449 g/mol. The molecule has 4 atom stereocenters. The molecule has 0 aromatic carbocycles. The molecule has 0 spiro atoms. The van der Waals surface area contributed by atoms with E-state index in [0.717, 1.165) is 13.8 Å². The van der Waals surface area contributed by atoms with Crippen LogP contribution in [-0.2, 0) is 38.9 Å². The van der Waals surface area contributed by atoms with Crippen molar-refractivity contribution in [3.05, 3.63) is 23.5 Å². The van der Waals surface area contributed by atoms with E-state index in [0.29, 0.717) is 5.69 Å². The molecule has 13 heteroatoms. The molecular formula is C19H23N5O8. The third-order valence-corrected chi connectivity index (χ3v) is 4.79. The van der Waals surface area contributed by atoms with Crippen molar-refractivity contribution in [1.82, 2.24) is 4.68 Å². The minimum Gasteiger partial charge on any atom is -0.455 e. The van der Waals surface area contributed by atoms with E-state index in [9.17, 15) is 19.6 Å². The first-order chi connectivity index (χ1) is 15.2. The van der Waals surface area contributed by atoms with E-state index in [1.165, 1.54) is 4.68 Å². The van der Waals surface area contributed by atoms with Crippen LogP contribution in [0.25, 0.3) is 0 Å². The Kier molecular flexibility index (Phi) is 6.54. The van der Waals surface area contributed by atoms with Crippen LogP contribution in [0.1, 0.15) is 32.2 Å². The molecule has 3 rings (SSSR count). The molecule has 1 aromatic heterocycles. The molecule has 3 N–H and O–H groups in total. The maximum Gasteiger partial charge on any atom is 0.508 e. The fourth-order valence-electron chi connectivity index (χ4n) is 3.62. The van der Waals surface area contributed by atoms with E-state index in [2.05, 4.69) is 10.4 Å². The number of ether oxygens (including phenoxy) is 5. The summed E-state index contributed by atoms with van der Waals surface area (Å²) in [4.78, 5) is 39.5. The molecule has 1 fully saturated rings. The highest BCUT2D eigenvalue weighted by Crippen LogP contribution is 2.43. The van der Waals surface area contributed by atoms with Gasteiger partial charge in [0, 0.05) is 13.8 Å². The van der Waals surface area contributed by atoms with Crippen molar-refractivity contribution in [2.24, 2.45) is 10.7 Å². The fraction of sp³-hybridized carbons (Fsp3) is 0.526. The number of carbonyl (C=O) groups is 3. The summed E-state index contributed by atoms with van der Waals surface area (Å²) in [5, 5.41) is 10.2. The second-order valence-corrected chi connectivity index (χ2v) is 6.90. The molecule has 0 bridgehead atoms. The number of amidine groups is 1. The number of hydrogen-bond donors (Lipinski definition) is 2. The average Bonchev–Trinajstić information content (AvgIpc) is 3.28. The van der Waals surface area contributed by atoms with E-state index in [4.69, 9.17) is 29.4 Å². The Balaban J connectivity index is 2.06. The Bertz CT molecular complexity index is 983. The topological polar surface area (TPSA) is 176 Å². The van der Waals surface area contributed by atoms with Crippen molar-refractivity contribution in [3.8, 4) is 6.07 Å². The number of hydrogen-bond acceptors (Lipinski definition) is 12. The molecule has 0 unspecified atom stereocenters. The van der Waals surface area contributed by atoms with Gasteiger partial charge in [0.15, 0.2) is 12.2 Å². The van der Waals surface area contributed by atoms with Crippen LogP contribution in [0.3, 0.4) is 0 Å². The number of rotatable bonds is 6. The van der Waals surface area contributed by atoms with Gasteiger partial charge in [0.2, 0.25) is 5.60 Å². The quantitative estimate of drug-likeness (QED) is 0.436. The van der Waals surface area contributed by atoms with Gasteiger partial charge in [-0.25, -0.2) is 9.79 Å². The Morgan fingerprint density at radius 1 is 1.31 bits per heavy atom. The van der Waals surface area contributed by atoms with Gasteiger partial charge in [0.25, 0.3) is 0 Å². The number of nitrogens with two attached hydrogens (primary N) is 1. The first-order valence-corrected chi connectivity index (χ1v) is 9.73. The smallest absolute Gasteiger partial charge is 0.455 e. The lowest BCUT2D eigenvalue weighted by Gasteiger charge is -2.30. The lowest BCUT2D eigenvalue weighted by molar-refractivity contribution is -0.166. The zero-order valence-electron chi connectivity index (χ0n) is 17.7. The highest BCUT2D eigenvalue weighted by Gasteiger charge is 2.62. The molecule has 32 heavy (non-hydrogen) atoms. The van der Waals surface area contributed by atoms with Crippen molar-refractivity contribution in [2.75, 3.05) is 25.3 Å². The normalized spacial score (nSPS) is 26.1. The van der Waals surface area contributed by atoms with Crippen molar-refractivity contribution < 1.29 is 38.1 Å². The summed E-state index contributed by atoms with van der Waals surface area (Å²) in [6.45, 7) is 3.68. The fourth-order valence-corrected chi connectivity index (χ4v) is 3.62. The Labute approximate surface area is 183 Å². The van der Waals surface area contributed by atoms with Crippen LogP contribution in [0.5, 0.6) is 0 Å². The SMILES string of the molecule is CCOC(=O)OC[C@H]1O[C@@](C#N)(c2ccc3n2NCN=C3N)[C@H](OC(C)=O)[C@@H]1OC(C)=O. The van der Waals surface area contributed by atoms with Gasteiger partial charge in [-0.1, -0.05) is 0 Å². The number of carbonyl (C=O) groups excluding carboxylic acids is 3. The number of esters is 2. The van der Waals surface area contributed by atoms with Gasteiger partial charge in [-0.15, -0.1) is 0 Å². The summed E-state index contributed by atoms with van der Waals surface area (Å²) in [5.41, 5.74) is 7.64. The lowest BCUT2D eigenvalue weighted by Crippen LogP contribution is -2.47. The summed E-state index contributed by atoms with van der Waals surface area (Å²) >= 11 is 0. The zero-order valence-corrected chi connectivity index (χ0v) is 17.7. The van der Waals surface area contributed by atoms with Gasteiger partial charge in [-0.2, -0.15) is 5.26 Å². The Hall–Kier alpha value is -3.79. The third kappa shape index (κ3) is 4.17. The molecule has 2 aliphatic heterocycles. The molecule has 0 radical (unpaired) electrons. The van der Waals surface area contributed by atoms with E-state index >= 15 is 0 Å². The van der Waals surface area contributed by atoms with Gasteiger partial charge >= 0.3 is 18.1 Å². The number of nitriles is 1. The molecular weight excluding hydrogens is 426 g/mol. The zero-order chi connectivity index (χ0) is 23.5. The molecule has 0 saturated carbocycles. The minimum atomic E-state index is -1.93. The Morgan fingerprint density at radius 2 is 2.03 bits per heavy atom. The molecule has 1 aromatic rings. The van der Waals surface area contributed by atoms with E-state index in [1.54, 1.807) is 19.1 Å². The van der Waals surface area contributed by atoms with Crippen molar-refractivity contribution in [1.29, 1.82) is 5.26 Å². The average molecular weight is 449 g/mol. The molecule has 0 aliphatic carbocycles. The van der Waals surface area contributed by atoms with Crippen LogP contribution in [0.4, 0.5) is 4.79 Å². The van der Waals surface area contributed by atoms with Crippen LogP contribution in [0.2, 0.25) is 0 Å². The standard InChI is InChI=1S/C19H23N5O8/c1-4-28-18(27)29-7-13-15(30-10(2)25)16(31-11(3)26)19(8-20,32-13)14-6-5-12-17(21)22-9-23-24(12)14/h5-6,13,15-16,23H,4,7,9H2,1-3H3,(H2,21,22)/t13-,15-,16-,19+/m1/s1. The maximum atomic E-state index is 11.9. The van der Waals surface area contributed by atoms with Crippen LogP contribution in [0, 0.1) is 11.3 Å². The van der Waals surface area contributed by atoms with E-state index in [1.807, 2.05) is 6.07 Å². The molecule has 1 saturated heterocycles. The van der Waals surface area contributed by atoms with Crippen LogP contribution in [-0.4, -0.2) is 66.8 Å². The third-order valence-electron chi connectivity index (χ3n) is 4.79. The molecule has 3 heterocycles. The lowest BCUT2D eigenvalue weighted by atomic mass is 9.92. The Morgan fingerprint density at radius 3 is 2.66 bits per heavy atom. The maximum absolute atomic E-state index is 11.9. The summed E-state index contributed by atoms with van der Waals surface area (Å²) in [6, 6.07) is 5.20. The first-order valence-electron chi connectivity index (χ1n) is 9.73. The van der Waals surface area contributed by atoms with Crippen molar-refractivity contribution in [3.63, 3.8) is 0 Å². The number of aromatic nitrogens is 1. The van der Waals surface area contributed by atoms with E-state index in [-0.39, 0.29) is 24.8 Å². The summed E-state index contributed by atoms with van der Waals surface area (Å²) < 4.78 is 28.0. The summed E-state index contributed by atoms with van der Waals surface area (Å²) in [6.07, 6.45) is -4.76. The van der Waals surface area contributed by atoms with Gasteiger partial charge in [-0.05, 0) is 19.1 Å². The predicted octanol–water partition coefficient (Wildman–Crippen LogP) is -0.138. The summed E-state index contributed by atoms with van der Waals surface area (Å²) in [7, 11) is 0. The number of fused-ring (bicyclic) bond motifs is 1. The first kappa shape index (κ1) is 22.9. The predicted molar refractivity (Wildman–Crippen MR) is 106 cm³/mol. The van der Waals surface area contributed by atoms with Crippen LogP contribution >= 0.6 is 0 Å². The van der Waals surface area contributed by atoms with Crippen molar-refractivity contribution in [2.45, 2.75) is 44.7 Å². The largest absolute Gasteiger partial charge is 0.508 e. The molecule has 2 aliphatic rings. The minimum absolute atomic E-state index is 0.0842. The van der Waals surface area contributed by atoms with Crippen LogP contribution in [0.15, 0.2) is 17.1 Å². The number of nitrogens with zero attached hydrogens (tertiary/aromatic N) is 3.